The van der Waals surface area contributed by atoms with Crippen molar-refractivity contribution in [3.05, 3.63) is 30.0 Å². The molecule has 0 aliphatic carbocycles. The predicted octanol–water partition coefficient (Wildman–Crippen LogP) is 2.38. The van der Waals surface area contributed by atoms with Crippen LogP contribution in [-0.2, 0) is 0 Å². The number of aromatic nitrogens is 1. The number of carbonyl (C=O) groups excluding carboxylic acids is 1. The van der Waals surface area contributed by atoms with Crippen molar-refractivity contribution in [2.45, 2.75) is 18.1 Å². The molecule has 2 aromatic rings. The van der Waals surface area contributed by atoms with E-state index in [1.54, 1.807) is 6.20 Å². The fourth-order valence-electron chi connectivity index (χ4n) is 2.44. The lowest BCUT2D eigenvalue weighted by molar-refractivity contribution is 0.0955. The third-order valence-electron chi connectivity index (χ3n) is 3.46. The first-order valence-corrected chi connectivity index (χ1v) is 7.55. The summed E-state index contributed by atoms with van der Waals surface area (Å²) in [6.45, 7) is 0.755. The van der Waals surface area contributed by atoms with Crippen LogP contribution in [0.4, 0.5) is 5.69 Å². The van der Waals surface area contributed by atoms with E-state index in [0.29, 0.717) is 16.5 Å². The van der Waals surface area contributed by atoms with Gasteiger partial charge in [-0.3, -0.25) is 4.79 Å². The molecule has 4 nitrogen and oxygen atoms in total. The summed E-state index contributed by atoms with van der Waals surface area (Å²) in [7, 11) is 0. The van der Waals surface area contributed by atoms with E-state index in [0.717, 1.165) is 17.4 Å². The fraction of sp³-hybridized carbons (Fsp3) is 0.357. The van der Waals surface area contributed by atoms with E-state index >= 15 is 0 Å². The van der Waals surface area contributed by atoms with Crippen LogP contribution in [0, 0.1) is 0 Å². The Morgan fingerprint density at radius 3 is 3.21 bits per heavy atom. The Bertz CT molecular complexity index is 602. The number of fused-ring (bicyclic) bond motifs is 1. The van der Waals surface area contributed by atoms with Crippen LogP contribution in [0.1, 0.15) is 23.2 Å². The van der Waals surface area contributed by atoms with Crippen LogP contribution in [-0.4, -0.2) is 28.4 Å². The number of hydrogen-bond donors (Lipinski definition) is 3. The van der Waals surface area contributed by atoms with E-state index in [1.807, 2.05) is 30.0 Å². The standard InChI is InChI=1S/C14H17N3OS/c15-9-3-4-11-12(8-16-13(11)6-9)14(18)17-7-10-2-1-5-19-10/h3-4,6,8,10,16H,1-2,5,7,15H2,(H,17,18). The highest BCUT2D eigenvalue weighted by atomic mass is 32.2. The van der Waals surface area contributed by atoms with Crippen LogP contribution in [0.3, 0.4) is 0 Å². The van der Waals surface area contributed by atoms with Gasteiger partial charge < -0.3 is 16.0 Å². The first-order chi connectivity index (χ1) is 9.24. The number of aromatic amines is 1. The van der Waals surface area contributed by atoms with Crippen LogP contribution in [0.15, 0.2) is 24.4 Å². The summed E-state index contributed by atoms with van der Waals surface area (Å²) in [6.07, 6.45) is 4.22. The normalized spacial score (nSPS) is 18.8. The number of nitrogen functional groups attached to an aromatic ring is 1. The average Bonchev–Trinajstić information content (AvgIpc) is 3.04. The summed E-state index contributed by atoms with van der Waals surface area (Å²) in [5.74, 6) is 1.20. The van der Waals surface area contributed by atoms with Gasteiger partial charge in [0.1, 0.15) is 0 Å². The molecule has 1 aromatic carbocycles. The van der Waals surface area contributed by atoms with Crippen molar-refractivity contribution in [1.82, 2.24) is 10.3 Å². The van der Waals surface area contributed by atoms with E-state index in [9.17, 15) is 4.79 Å². The molecule has 5 heteroatoms. The number of benzene rings is 1. The van der Waals surface area contributed by atoms with Gasteiger partial charge in [0.2, 0.25) is 0 Å². The van der Waals surface area contributed by atoms with Crippen LogP contribution in [0.5, 0.6) is 0 Å². The first-order valence-electron chi connectivity index (χ1n) is 6.50. The molecule has 1 unspecified atom stereocenters. The van der Waals surface area contributed by atoms with Gasteiger partial charge in [0.25, 0.3) is 5.91 Å². The number of anilines is 1. The van der Waals surface area contributed by atoms with Crippen LogP contribution >= 0.6 is 11.8 Å². The maximum Gasteiger partial charge on any atom is 0.253 e. The molecule has 1 aliphatic rings. The smallest absolute Gasteiger partial charge is 0.253 e. The lowest BCUT2D eigenvalue weighted by Gasteiger charge is -2.09. The second kappa shape index (κ2) is 5.17. The summed E-state index contributed by atoms with van der Waals surface area (Å²) in [5.41, 5.74) is 8.02. The van der Waals surface area contributed by atoms with Crippen molar-refractivity contribution in [3.8, 4) is 0 Å². The van der Waals surface area contributed by atoms with Gasteiger partial charge in [0, 0.05) is 34.6 Å². The third kappa shape index (κ3) is 2.56. The van der Waals surface area contributed by atoms with E-state index in [-0.39, 0.29) is 5.91 Å². The number of rotatable bonds is 3. The fourth-order valence-corrected chi connectivity index (χ4v) is 3.64. The molecule has 0 saturated carbocycles. The van der Waals surface area contributed by atoms with Gasteiger partial charge in [-0.2, -0.15) is 11.8 Å². The molecule has 1 saturated heterocycles. The number of hydrogen-bond acceptors (Lipinski definition) is 3. The van der Waals surface area contributed by atoms with E-state index in [2.05, 4.69) is 10.3 Å². The minimum Gasteiger partial charge on any atom is -0.399 e. The van der Waals surface area contributed by atoms with Crippen molar-refractivity contribution >= 4 is 34.3 Å². The van der Waals surface area contributed by atoms with Crippen molar-refractivity contribution in [1.29, 1.82) is 0 Å². The van der Waals surface area contributed by atoms with E-state index < -0.39 is 0 Å². The number of nitrogens with two attached hydrogens (primary N) is 1. The molecule has 2 heterocycles. The molecular formula is C14H17N3OS. The highest BCUT2D eigenvalue weighted by Gasteiger charge is 2.18. The molecular weight excluding hydrogens is 258 g/mol. The zero-order valence-corrected chi connectivity index (χ0v) is 11.4. The lowest BCUT2D eigenvalue weighted by atomic mass is 10.1. The first kappa shape index (κ1) is 12.4. The van der Waals surface area contributed by atoms with Gasteiger partial charge in [0.15, 0.2) is 0 Å². The molecule has 1 aromatic heterocycles. The molecule has 1 amide bonds. The van der Waals surface area contributed by atoms with Crippen LogP contribution in [0.25, 0.3) is 10.9 Å². The minimum atomic E-state index is -0.0106. The molecule has 3 rings (SSSR count). The van der Waals surface area contributed by atoms with Gasteiger partial charge in [-0.1, -0.05) is 0 Å². The predicted molar refractivity (Wildman–Crippen MR) is 80.5 cm³/mol. The van der Waals surface area contributed by atoms with Gasteiger partial charge >= 0.3 is 0 Å². The molecule has 19 heavy (non-hydrogen) atoms. The Balaban J connectivity index is 1.74. The van der Waals surface area contributed by atoms with E-state index in [1.165, 1.54) is 18.6 Å². The van der Waals surface area contributed by atoms with Crippen molar-refractivity contribution in [3.63, 3.8) is 0 Å². The Kier molecular flexibility index (Phi) is 3.38. The van der Waals surface area contributed by atoms with Gasteiger partial charge in [-0.15, -0.1) is 0 Å². The SMILES string of the molecule is Nc1ccc2c(C(=O)NCC3CCCS3)c[nH]c2c1. The number of H-pyrrole nitrogens is 1. The quantitative estimate of drug-likeness (QED) is 0.753. The summed E-state index contributed by atoms with van der Waals surface area (Å²) in [4.78, 5) is 15.3. The Morgan fingerprint density at radius 2 is 2.42 bits per heavy atom. The Hall–Kier alpha value is -1.62. The molecule has 1 aliphatic heterocycles. The topological polar surface area (TPSA) is 70.9 Å². The second-order valence-corrected chi connectivity index (χ2v) is 6.26. The van der Waals surface area contributed by atoms with Crippen molar-refractivity contribution in [2.75, 3.05) is 18.0 Å². The van der Waals surface area contributed by atoms with Crippen molar-refractivity contribution < 1.29 is 4.79 Å². The second-order valence-electron chi connectivity index (χ2n) is 4.85. The van der Waals surface area contributed by atoms with Crippen LogP contribution < -0.4 is 11.1 Å². The Labute approximate surface area is 116 Å². The maximum atomic E-state index is 12.2. The summed E-state index contributed by atoms with van der Waals surface area (Å²) < 4.78 is 0. The third-order valence-corrected chi connectivity index (χ3v) is 4.86. The molecule has 4 N–H and O–H groups in total. The van der Waals surface area contributed by atoms with Crippen LogP contribution in [0.2, 0.25) is 0 Å². The molecule has 0 bridgehead atoms. The van der Waals surface area contributed by atoms with Gasteiger partial charge in [-0.05, 0) is 36.8 Å². The monoisotopic (exact) mass is 275 g/mol. The summed E-state index contributed by atoms with van der Waals surface area (Å²) in [6, 6.07) is 5.55. The number of nitrogens with one attached hydrogen (secondary N) is 2. The molecule has 0 radical (unpaired) electrons. The minimum absolute atomic E-state index is 0.0106. The zero-order chi connectivity index (χ0) is 13.2. The summed E-state index contributed by atoms with van der Waals surface area (Å²) >= 11 is 1.95. The average molecular weight is 275 g/mol. The Morgan fingerprint density at radius 1 is 1.53 bits per heavy atom. The zero-order valence-electron chi connectivity index (χ0n) is 10.6. The largest absolute Gasteiger partial charge is 0.399 e. The number of carbonyl (C=O) groups is 1. The lowest BCUT2D eigenvalue weighted by Crippen LogP contribution is -2.29. The molecule has 100 valence electrons. The molecule has 1 atom stereocenters. The number of thioether (sulfide) groups is 1. The van der Waals surface area contributed by atoms with E-state index in [4.69, 9.17) is 5.73 Å². The molecule has 1 fully saturated rings. The number of amides is 1. The van der Waals surface area contributed by atoms with Gasteiger partial charge in [0.05, 0.1) is 5.56 Å². The van der Waals surface area contributed by atoms with Gasteiger partial charge in [-0.25, -0.2) is 0 Å². The maximum absolute atomic E-state index is 12.2. The molecule has 0 spiro atoms. The highest BCUT2D eigenvalue weighted by molar-refractivity contribution is 8.00. The highest BCUT2D eigenvalue weighted by Crippen LogP contribution is 2.25. The summed E-state index contributed by atoms with van der Waals surface area (Å²) in [5, 5.41) is 4.52. The van der Waals surface area contributed by atoms with Crippen molar-refractivity contribution in [2.24, 2.45) is 0 Å².